The van der Waals surface area contributed by atoms with Gasteiger partial charge in [0.05, 0.1) is 0 Å². The molecular formula is C4H4AsN2. The first-order valence-corrected chi connectivity index (χ1v) is 3.05. The average molecular weight is 155 g/mol. The van der Waals surface area contributed by atoms with Crippen LogP contribution in [0.1, 0.15) is 0 Å². The first-order valence-electron chi connectivity index (χ1n) is 1.84. The summed E-state index contributed by atoms with van der Waals surface area (Å²) >= 11 is 1.42. The molecule has 2 nitrogen and oxygen atoms in total. The fourth-order valence-corrected chi connectivity index (χ4v) is 0.616. The van der Waals surface area contributed by atoms with Gasteiger partial charge in [0.15, 0.2) is 0 Å². The summed E-state index contributed by atoms with van der Waals surface area (Å²) in [5, 5.41) is 0. The molecule has 1 atom stereocenters. The van der Waals surface area contributed by atoms with Crippen molar-refractivity contribution in [2.45, 2.75) is 0 Å². The molecule has 35 valence electrons. The van der Waals surface area contributed by atoms with Gasteiger partial charge in [-0.1, -0.05) is 0 Å². The standard InChI is InChI=1S/C4H4AsN2/c5-4-6-2-1-3-7-4/h1-2H,5H2. The van der Waals surface area contributed by atoms with E-state index in [-0.39, 0.29) is 0 Å². The van der Waals surface area contributed by atoms with Crippen LogP contribution in [0.2, 0.25) is 0 Å². The van der Waals surface area contributed by atoms with Gasteiger partial charge < -0.3 is 0 Å². The van der Waals surface area contributed by atoms with E-state index in [1.165, 1.54) is 16.9 Å². The molecule has 1 aromatic heterocycles. The second-order valence-electron chi connectivity index (χ2n) is 1.04. The zero-order valence-corrected chi connectivity index (χ0v) is 6.05. The quantitative estimate of drug-likeness (QED) is 0.427. The van der Waals surface area contributed by atoms with E-state index in [0.29, 0.717) is 0 Å². The van der Waals surface area contributed by atoms with E-state index in [0.717, 1.165) is 4.61 Å². The van der Waals surface area contributed by atoms with E-state index in [1.54, 1.807) is 12.3 Å². The van der Waals surface area contributed by atoms with Gasteiger partial charge >= 0.3 is 49.9 Å². The maximum atomic E-state index is 3.86. The minimum atomic E-state index is 0.829. The number of hydrogen-bond acceptors (Lipinski definition) is 2. The summed E-state index contributed by atoms with van der Waals surface area (Å²) < 4.78 is 0.829. The van der Waals surface area contributed by atoms with Gasteiger partial charge in [0.1, 0.15) is 0 Å². The molecule has 3 heteroatoms. The SMILES string of the molecule is [AsH2]c1n[c]ccn1. The van der Waals surface area contributed by atoms with Crippen molar-refractivity contribution >= 4 is 21.5 Å². The second kappa shape index (κ2) is 2.08. The zero-order chi connectivity index (χ0) is 5.11. The van der Waals surface area contributed by atoms with Crippen LogP contribution in [0.3, 0.4) is 0 Å². The Balaban J connectivity index is 3.02. The van der Waals surface area contributed by atoms with E-state index in [9.17, 15) is 0 Å². The Bertz CT molecular complexity index is 140. The van der Waals surface area contributed by atoms with Crippen molar-refractivity contribution in [1.29, 1.82) is 0 Å². The molecule has 0 aliphatic rings. The second-order valence-corrected chi connectivity index (χ2v) is 2.13. The van der Waals surface area contributed by atoms with E-state index in [4.69, 9.17) is 0 Å². The van der Waals surface area contributed by atoms with Crippen LogP contribution < -0.4 is 4.61 Å². The van der Waals surface area contributed by atoms with Crippen molar-refractivity contribution in [2.75, 3.05) is 0 Å². The average Bonchev–Trinajstić information content (AvgIpc) is 1.69. The Hall–Kier alpha value is -0.362. The topological polar surface area (TPSA) is 25.8 Å². The molecular weight excluding hydrogens is 151 g/mol. The van der Waals surface area contributed by atoms with Crippen molar-refractivity contribution < 1.29 is 0 Å². The molecule has 0 spiro atoms. The predicted molar refractivity (Wildman–Crippen MR) is 29.0 cm³/mol. The van der Waals surface area contributed by atoms with Crippen molar-refractivity contribution in [3.05, 3.63) is 18.5 Å². The van der Waals surface area contributed by atoms with E-state index in [2.05, 4.69) is 16.2 Å². The first-order chi connectivity index (χ1) is 3.39. The Morgan fingerprint density at radius 1 is 1.71 bits per heavy atom. The van der Waals surface area contributed by atoms with Crippen LogP contribution in [-0.2, 0) is 0 Å². The van der Waals surface area contributed by atoms with Crippen LogP contribution in [0.4, 0.5) is 0 Å². The van der Waals surface area contributed by atoms with Crippen LogP contribution in [0, 0.1) is 6.20 Å². The number of hydrogen-bond donors (Lipinski definition) is 0. The molecule has 0 aromatic carbocycles. The molecule has 7 heavy (non-hydrogen) atoms. The van der Waals surface area contributed by atoms with Crippen molar-refractivity contribution in [2.24, 2.45) is 0 Å². The van der Waals surface area contributed by atoms with Gasteiger partial charge in [-0.2, -0.15) is 0 Å². The summed E-state index contributed by atoms with van der Waals surface area (Å²) in [7, 11) is 0. The summed E-state index contributed by atoms with van der Waals surface area (Å²) in [6.45, 7) is 0. The molecule has 0 aliphatic heterocycles. The van der Waals surface area contributed by atoms with Gasteiger partial charge in [0.2, 0.25) is 0 Å². The van der Waals surface area contributed by atoms with Crippen molar-refractivity contribution in [1.82, 2.24) is 9.97 Å². The number of aromatic nitrogens is 2. The summed E-state index contributed by atoms with van der Waals surface area (Å²) in [6.07, 6.45) is 4.35. The molecule has 0 N–H and O–H groups in total. The molecule has 1 radical (unpaired) electrons. The maximum absolute atomic E-state index is 3.86. The monoisotopic (exact) mass is 155 g/mol. The molecule has 0 saturated carbocycles. The van der Waals surface area contributed by atoms with Crippen LogP contribution >= 0.6 is 0 Å². The summed E-state index contributed by atoms with van der Waals surface area (Å²) in [6, 6.07) is 1.68. The number of rotatable bonds is 0. The molecule has 1 unspecified atom stereocenters. The van der Waals surface area contributed by atoms with Gasteiger partial charge in [-0.15, -0.1) is 0 Å². The molecule has 1 rings (SSSR count). The molecule has 1 heterocycles. The summed E-state index contributed by atoms with van der Waals surface area (Å²) in [4.78, 5) is 7.64. The molecule has 1 aromatic rings. The van der Waals surface area contributed by atoms with Crippen molar-refractivity contribution in [3.63, 3.8) is 0 Å². The molecule has 0 aliphatic carbocycles. The van der Waals surface area contributed by atoms with Gasteiger partial charge in [0.25, 0.3) is 0 Å². The molecule has 0 fully saturated rings. The van der Waals surface area contributed by atoms with Gasteiger partial charge in [-0.25, -0.2) is 0 Å². The van der Waals surface area contributed by atoms with Crippen LogP contribution in [0.5, 0.6) is 0 Å². The van der Waals surface area contributed by atoms with Crippen LogP contribution in [-0.4, -0.2) is 26.8 Å². The molecule has 0 bridgehead atoms. The Kier molecular flexibility index (Phi) is 1.42. The van der Waals surface area contributed by atoms with Crippen molar-refractivity contribution in [3.8, 4) is 0 Å². The fourth-order valence-electron chi connectivity index (χ4n) is 0.279. The minimum absolute atomic E-state index is 0.829. The summed E-state index contributed by atoms with van der Waals surface area (Å²) in [5.74, 6) is 0. The van der Waals surface area contributed by atoms with Crippen LogP contribution in [0.25, 0.3) is 0 Å². The summed E-state index contributed by atoms with van der Waals surface area (Å²) in [5.41, 5.74) is 0. The Morgan fingerprint density at radius 3 is 2.86 bits per heavy atom. The zero-order valence-electron chi connectivity index (χ0n) is 3.63. The van der Waals surface area contributed by atoms with Crippen LogP contribution in [0.15, 0.2) is 12.3 Å². The molecule has 0 saturated heterocycles. The van der Waals surface area contributed by atoms with E-state index >= 15 is 0 Å². The first kappa shape index (κ1) is 4.79. The normalized spacial score (nSPS) is 8.71. The third-order valence-corrected chi connectivity index (χ3v) is 1.12. The van der Waals surface area contributed by atoms with Gasteiger partial charge in [-0.05, 0) is 0 Å². The third-order valence-electron chi connectivity index (χ3n) is 0.535. The Labute approximate surface area is 50.5 Å². The number of nitrogens with zero attached hydrogens (tertiary/aromatic N) is 2. The fraction of sp³-hybridized carbons (Fsp3) is 0. The predicted octanol–water partition coefficient (Wildman–Crippen LogP) is -1.46. The Morgan fingerprint density at radius 2 is 2.57 bits per heavy atom. The molecule has 0 amide bonds. The van der Waals surface area contributed by atoms with E-state index < -0.39 is 0 Å². The van der Waals surface area contributed by atoms with Gasteiger partial charge in [-0.3, -0.25) is 0 Å². The third kappa shape index (κ3) is 1.28. The van der Waals surface area contributed by atoms with Gasteiger partial charge in [0, 0.05) is 0 Å². The van der Waals surface area contributed by atoms with E-state index in [1.807, 2.05) is 0 Å².